The average Bonchev–Trinajstić information content (AvgIpc) is 2.40. The first-order chi connectivity index (χ1) is 8.74. The van der Waals surface area contributed by atoms with Crippen LogP contribution in [0.25, 0.3) is 0 Å². The van der Waals surface area contributed by atoms with Crippen molar-refractivity contribution in [3.63, 3.8) is 0 Å². The van der Waals surface area contributed by atoms with Crippen LogP contribution in [0.5, 0.6) is 0 Å². The Balaban J connectivity index is 1.69. The van der Waals surface area contributed by atoms with Crippen molar-refractivity contribution >= 4 is 6.03 Å². The molecule has 0 atom stereocenters. The fourth-order valence-corrected chi connectivity index (χ4v) is 2.07. The number of urea groups is 1. The third-order valence-electron chi connectivity index (χ3n) is 3.26. The lowest BCUT2D eigenvalue weighted by molar-refractivity contribution is 0.213. The molecular weight excluding hydrogens is 228 g/mol. The summed E-state index contributed by atoms with van der Waals surface area (Å²) >= 11 is 0. The van der Waals surface area contributed by atoms with Crippen LogP contribution in [0.15, 0.2) is 24.5 Å². The highest BCUT2D eigenvalue weighted by atomic mass is 16.2. The van der Waals surface area contributed by atoms with Gasteiger partial charge in [0.2, 0.25) is 0 Å². The van der Waals surface area contributed by atoms with Gasteiger partial charge in [0.25, 0.3) is 0 Å². The molecule has 2 heterocycles. The second kappa shape index (κ2) is 6.35. The highest BCUT2D eigenvalue weighted by Gasteiger charge is 2.17. The minimum Gasteiger partial charge on any atom is -0.335 e. The number of hydrogen-bond donors (Lipinski definition) is 2. The third-order valence-corrected chi connectivity index (χ3v) is 3.26. The van der Waals surface area contributed by atoms with Crippen LogP contribution < -0.4 is 10.6 Å². The van der Waals surface area contributed by atoms with Crippen LogP contribution in [0.1, 0.15) is 18.4 Å². The van der Waals surface area contributed by atoms with E-state index in [1.54, 1.807) is 12.4 Å². The molecule has 1 saturated heterocycles. The second-order valence-electron chi connectivity index (χ2n) is 4.76. The molecule has 0 radical (unpaired) electrons. The molecule has 1 aliphatic heterocycles. The Morgan fingerprint density at radius 1 is 1.39 bits per heavy atom. The summed E-state index contributed by atoms with van der Waals surface area (Å²) in [6.07, 6.45) is 5.51. The Hall–Kier alpha value is -1.62. The summed E-state index contributed by atoms with van der Waals surface area (Å²) in [6, 6.07) is 4.02. The Bertz CT molecular complexity index is 374. The zero-order valence-corrected chi connectivity index (χ0v) is 10.7. The van der Waals surface area contributed by atoms with E-state index in [1.807, 2.05) is 12.1 Å². The van der Waals surface area contributed by atoms with Crippen LogP contribution in [-0.2, 0) is 6.54 Å². The van der Waals surface area contributed by atoms with Crippen LogP contribution in [0.2, 0.25) is 0 Å². The van der Waals surface area contributed by atoms with Gasteiger partial charge in [-0.2, -0.15) is 0 Å². The van der Waals surface area contributed by atoms with Crippen molar-refractivity contribution < 1.29 is 4.79 Å². The summed E-state index contributed by atoms with van der Waals surface area (Å²) in [5.41, 5.74) is 1.06. The zero-order valence-electron chi connectivity index (χ0n) is 10.7. The largest absolute Gasteiger partial charge is 0.335 e. The Labute approximate surface area is 108 Å². The number of carbonyl (C=O) groups excluding carboxylic acids is 1. The van der Waals surface area contributed by atoms with Crippen LogP contribution in [0.3, 0.4) is 0 Å². The molecule has 5 nitrogen and oxygen atoms in total. The van der Waals surface area contributed by atoms with E-state index >= 15 is 0 Å². The lowest BCUT2D eigenvalue weighted by atomic mass is 10.1. The predicted octanol–water partition coefficient (Wildman–Crippen LogP) is 0.975. The molecular formula is C13H20N4O. The maximum atomic E-state index is 11.7. The van der Waals surface area contributed by atoms with E-state index in [9.17, 15) is 4.79 Å². The van der Waals surface area contributed by atoms with Gasteiger partial charge in [0.15, 0.2) is 0 Å². The molecule has 0 aromatic carbocycles. The van der Waals surface area contributed by atoms with Gasteiger partial charge in [0, 0.05) is 25.0 Å². The van der Waals surface area contributed by atoms with E-state index in [0.717, 1.165) is 31.5 Å². The highest BCUT2D eigenvalue weighted by molar-refractivity contribution is 5.74. The summed E-state index contributed by atoms with van der Waals surface area (Å²) in [6.45, 7) is 2.64. The molecule has 5 heteroatoms. The SMILES string of the molecule is CN1CCC(NC(=O)NCc2ccncc2)CC1. The molecule has 0 saturated carbocycles. The van der Waals surface area contributed by atoms with Gasteiger partial charge in [0.1, 0.15) is 0 Å². The predicted molar refractivity (Wildman–Crippen MR) is 70.1 cm³/mol. The third kappa shape index (κ3) is 4.00. The smallest absolute Gasteiger partial charge is 0.315 e. The molecule has 0 unspecified atom stereocenters. The van der Waals surface area contributed by atoms with Gasteiger partial charge in [0.05, 0.1) is 0 Å². The van der Waals surface area contributed by atoms with Crippen molar-refractivity contribution in [1.82, 2.24) is 20.5 Å². The summed E-state index contributed by atoms with van der Waals surface area (Å²) in [5, 5.41) is 5.88. The van der Waals surface area contributed by atoms with Crippen LogP contribution in [0, 0.1) is 0 Å². The van der Waals surface area contributed by atoms with Crippen molar-refractivity contribution in [3.05, 3.63) is 30.1 Å². The van der Waals surface area contributed by atoms with E-state index in [4.69, 9.17) is 0 Å². The number of nitrogens with one attached hydrogen (secondary N) is 2. The summed E-state index contributed by atoms with van der Waals surface area (Å²) in [7, 11) is 2.11. The number of aromatic nitrogens is 1. The number of carbonyl (C=O) groups is 1. The number of nitrogens with zero attached hydrogens (tertiary/aromatic N) is 2. The topological polar surface area (TPSA) is 57.3 Å². The minimum absolute atomic E-state index is 0.0821. The maximum Gasteiger partial charge on any atom is 0.315 e. The molecule has 18 heavy (non-hydrogen) atoms. The van der Waals surface area contributed by atoms with Crippen LogP contribution in [-0.4, -0.2) is 42.1 Å². The van der Waals surface area contributed by atoms with Gasteiger partial charge in [-0.15, -0.1) is 0 Å². The van der Waals surface area contributed by atoms with E-state index in [1.165, 1.54) is 0 Å². The van der Waals surface area contributed by atoms with Gasteiger partial charge in [-0.25, -0.2) is 4.79 Å². The van der Waals surface area contributed by atoms with E-state index in [-0.39, 0.29) is 6.03 Å². The molecule has 0 aliphatic carbocycles. The molecule has 1 fully saturated rings. The maximum absolute atomic E-state index is 11.7. The quantitative estimate of drug-likeness (QED) is 0.838. The lowest BCUT2D eigenvalue weighted by Gasteiger charge is -2.29. The fourth-order valence-electron chi connectivity index (χ4n) is 2.07. The zero-order chi connectivity index (χ0) is 12.8. The first-order valence-corrected chi connectivity index (χ1v) is 6.36. The normalized spacial score (nSPS) is 17.4. The first kappa shape index (κ1) is 12.8. The van der Waals surface area contributed by atoms with Gasteiger partial charge in [-0.1, -0.05) is 0 Å². The van der Waals surface area contributed by atoms with E-state index in [2.05, 4.69) is 27.6 Å². The van der Waals surface area contributed by atoms with Crippen molar-refractivity contribution in [2.24, 2.45) is 0 Å². The Kier molecular flexibility index (Phi) is 4.52. The van der Waals surface area contributed by atoms with E-state index < -0.39 is 0 Å². The summed E-state index contributed by atoms with van der Waals surface area (Å²) in [4.78, 5) is 17.9. The minimum atomic E-state index is -0.0821. The fraction of sp³-hybridized carbons (Fsp3) is 0.538. The number of amides is 2. The molecule has 1 aliphatic rings. The first-order valence-electron chi connectivity index (χ1n) is 6.36. The molecule has 0 bridgehead atoms. The number of piperidine rings is 1. The monoisotopic (exact) mass is 248 g/mol. The highest BCUT2D eigenvalue weighted by Crippen LogP contribution is 2.07. The number of rotatable bonds is 3. The molecule has 0 spiro atoms. The molecule has 1 aromatic heterocycles. The second-order valence-corrected chi connectivity index (χ2v) is 4.76. The van der Waals surface area contributed by atoms with Gasteiger partial charge in [-0.3, -0.25) is 4.98 Å². The van der Waals surface area contributed by atoms with Gasteiger partial charge >= 0.3 is 6.03 Å². The molecule has 2 N–H and O–H groups in total. The molecule has 2 amide bonds. The van der Waals surface area contributed by atoms with Crippen LogP contribution >= 0.6 is 0 Å². The molecule has 1 aromatic rings. The number of hydrogen-bond acceptors (Lipinski definition) is 3. The van der Waals surface area contributed by atoms with Gasteiger partial charge in [-0.05, 0) is 50.7 Å². The van der Waals surface area contributed by atoms with Gasteiger partial charge < -0.3 is 15.5 Å². The standard InChI is InChI=1S/C13H20N4O/c1-17-8-4-12(5-9-17)16-13(18)15-10-11-2-6-14-7-3-11/h2-3,6-7,12H,4-5,8-10H2,1H3,(H2,15,16,18). The van der Waals surface area contributed by atoms with Crippen molar-refractivity contribution in [3.8, 4) is 0 Å². The van der Waals surface area contributed by atoms with Crippen molar-refractivity contribution in [2.75, 3.05) is 20.1 Å². The Morgan fingerprint density at radius 2 is 2.06 bits per heavy atom. The van der Waals surface area contributed by atoms with Crippen molar-refractivity contribution in [2.45, 2.75) is 25.4 Å². The average molecular weight is 248 g/mol. The Morgan fingerprint density at radius 3 is 2.72 bits per heavy atom. The molecule has 98 valence electrons. The number of pyridine rings is 1. The number of likely N-dealkylation sites (tertiary alicyclic amines) is 1. The molecule has 2 rings (SSSR count). The van der Waals surface area contributed by atoms with Crippen LogP contribution in [0.4, 0.5) is 4.79 Å². The summed E-state index contributed by atoms with van der Waals surface area (Å²) in [5.74, 6) is 0. The van der Waals surface area contributed by atoms with E-state index in [0.29, 0.717) is 12.6 Å². The van der Waals surface area contributed by atoms with Crippen molar-refractivity contribution in [1.29, 1.82) is 0 Å². The lowest BCUT2D eigenvalue weighted by Crippen LogP contribution is -2.46. The summed E-state index contributed by atoms with van der Waals surface area (Å²) < 4.78 is 0.